The summed E-state index contributed by atoms with van der Waals surface area (Å²) in [5, 5.41) is 3.42. The number of ketones is 1. The van der Waals surface area contributed by atoms with Crippen LogP contribution in [0.1, 0.15) is 32.6 Å². The van der Waals surface area contributed by atoms with E-state index in [4.69, 9.17) is 0 Å². The van der Waals surface area contributed by atoms with Gasteiger partial charge in [0.2, 0.25) is 0 Å². The third kappa shape index (κ3) is 4.17. The lowest BCUT2D eigenvalue weighted by Gasteiger charge is -2.35. The van der Waals surface area contributed by atoms with Gasteiger partial charge in [0.1, 0.15) is 5.78 Å². The number of rotatable bonds is 4. The molecule has 2 saturated heterocycles. The summed E-state index contributed by atoms with van der Waals surface area (Å²) in [4.78, 5) is 14.5. The number of carbonyl (C=O) groups excluding carboxylic acids is 1. The van der Waals surface area contributed by atoms with E-state index in [0.29, 0.717) is 11.7 Å². The van der Waals surface area contributed by atoms with Crippen molar-refractivity contribution in [3.8, 4) is 0 Å². The van der Waals surface area contributed by atoms with Crippen LogP contribution in [-0.4, -0.2) is 47.3 Å². The van der Waals surface area contributed by atoms with Crippen molar-refractivity contribution < 1.29 is 4.79 Å². The molecule has 0 bridgehead atoms. The van der Waals surface area contributed by atoms with Gasteiger partial charge in [0.15, 0.2) is 0 Å². The molecule has 1 atom stereocenters. The molecule has 2 aliphatic rings. The Labute approximate surface area is 124 Å². The molecule has 18 heavy (non-hydrogen) atoms. The Morgan fingerprint density at radius 3 is 2.44 bits per heavy atom. The molecule has 0 spiro atoms. The fourth-order valence-electron chi connectivity index (χ4n) is 3.15. The molecular formula is C14H25IN2O. The number of nitrogens with zero attached hydrogens (tertiary/aromatic N) is 1. The molecule has 104 valence electrons. The van der Waals surface area contributed by atoms with Crippen molar-refractivity contribution in [2.75, 3.05) is 32.7 Å². The summed E-state index contributed by atoms with van der Waals surface area (Å²) in [7, 11) is 0. The van der Waals surface area contributed by atoms with Crippen LogP contribution in [0.15, 0.2) is 0 Å². The average molecular weight is 364 g/mol. The highest BCUT2D eigenvalue weighted by molar-refractivity contribution is 14.1. The Kier molecular flexibility index (Phi) is 5.89. The minimum absolute atomic E-state index is 0.184. The Balaban J connectivity index is 1.71. The Morgan fingerprint density at radius 1 is 1.28 bits per heavy atom. The zero-order chi connectivity index (χ0) is 13.0. The van der Waals surface area contributed by atoms with Crippen LogP contribution in [0.25, 0.3) is 0 Å². The molecule has 3 nitrogen and oxygen atoms in total. The van der Waals surface area contributed by atoms with Crippen LogP contribution in [0.3, 0.4) is 0 Å². The fraction of sp³-hybridized carbons (Fsp3) is 0.929. The number of nitrogens with one attached hydrogen (secondary N) is 1. The molecule has 2 aliphatic heterocycles. The molecule has 2 rings (SSSR count). The molecule has 0 aliphatic carbocycles. The van der Waals surface area contributed by atoms with Crippen molar-refractivity contribution >= 4 is 28.4 Å². The second kappa shape index (κ2) is 7.20. The summed E-state index contributed by atoms with van der Waals surface area (Å²) in [6, 6.07) is 0. The topological polar surface area (TPSA) is 32.3 Å². The second-order valence-corrected chi connectivity index (χ2v) is 7.66. The zero-order valence-electron chi connectivity index (χ0n) is 11.3. The standard InChI is InChI=1S/C14H25IN2O/c1-11(15)14(18)13-4-8-17(9-5-13)10-12-2-6-16-7-3-12/h11-13,16H,2-10H2,1H3. The molecule has 0 amide bonds. The van der Waals surface area contributed by atoms with Crippen molar-refractivity contribution in [3.05, 3.63) is 0 Å². The smallest absolute Gasteiger partial charge is 0.148 e. The summed E-state index contributed by atoms with van der Waals surface area (Å²) < 4.78 is 0.184. The highest BCUT2D eigenvalue weighted by Gasteiger charge is 2.28. The van der Waals surface area contributed by atoms with Gasteiger partial charge in [-0.25, -0.2) is 0 Å². The number of halogens is 1. The van der Waals surface area contributed by atoms with E-state index in [-0.39, 0.29) is 3.92 Å². The van der Waals surface area contributed by atoms with Gasteiger partial charge in [0.25, 0.3) is 0 Å². The van der Waals surface area contributed by atoms with E-state index in [1.807, 2.05) is 6.92 Å². The molecule has 0 aromatic carbocycles. The molecular weight excluding hydrogens is 339 g/mol. The first kappa shape index (κ1) is 14.7. The highest BCUT2D eigenvalue weighted by atomic mass is 127. The number of Topliss-reactive ketones (excluding diaryl/α,β-unsaturated/α-hetero) is 1. The van der Waals surface area contributed by atoms with Crippen molar-refractivity contribution in [2.24, 2.45) is 11.8 Å². The first-order chi connectivity index (χ1) is 8.66. The van der Waals surface area contributed by atoms with Gasteiger partial charge in [-0.3, -0.25) is 4.79 Å². The molecule has 0 aromatic rings. The second-order valence-electron chi connectivity index (χ2n) is 5.79. The van der Waals surface area contributed by atoms with Crippen LogP contribution < -0.4 is 5.32 Å². The van der Waals surface area contributed by atoms with Crippen LogP contribution in [-0.2, 0) is 4.79 Å². The lowest BCUT2D eigenvalue weighted by Crippen LogP contribution is -2.42. The Morgan fingerprint density at radius 2 is 1.89 bits per heavy atom. The van der Waals surface area contributed by atoms with Gasteiger partial charge in [-0.1, -0.05) is 22.6 Å². The molecule has 2 heterocycles. The summed E-state index contributed by atoms with van der Waals surface area (Å²) in [6.07, 6.45) is 4.81. The largest absolute Gasteiger partial charge is 0.317 e. The first-order valence-corrected chi connectivity index (χ1v) is 8.52. The number of hydrogen-bond donors (Lipinski definition) is 1. The van der Waals surface area contributed by atoms with E-state index in [0.717, 1.165) is 31.8 Å². The van der Waals surface area contributed by atoms with Crippen LogP contribution >= 0.6 is 22.6 Å². The summed E-state index contributed by atoms with van der Waals surface area (Å²) in [5.41, 5.74) is 0. The van der Waals surface area contributed by atoms with E-state index in [9.17, 15) is 4.79 Å². The first-order valence-electron chi connectivity index (χ1n) is 7.27. The maximum Gasteiger partial charge on any atom is 0.148 e. The highest BCUT2D eigenvalue weighted by Crippen LogP contribution is 2.23. The van der Waals surface area contributed by atoms with E-state index >= 15 is 0 Å². The van der Waals surface area contributed by atoms with E-state index < -0.39 is 0 Å². The van der Waals surface area contributed by atoms with Crippen LogP contribution in [0.5, 0.6) is 0 Å². The Bertz CT molecular complexity index is 269. The maximum absolute atomic E-state index is 12.0. The van der Waals surface area contributed by atoms with Gasteiger partial charge >= 0.3 is 0 Å². The lowest BCUT2D eigenvalue weighted by atomic mass is 9.90. The van der Waals surface area contributed by atoms with Gasteiger partial charge in [-0.2, -0.15) is 0 Å². The van der Waals surface area contributed by atoms with Gasteiger partial charge in [0, 0.05) is 12.5 Å². The Hall–Kier alpha value is 0.320. The van der Waals surface area contributed by atoms with Gasteiger partial charge < -0.3 is 10.2 Å². The zero-order valence-corrected chi connectivity index (χ0v) is 13.5. The SMILES string of the molecule is CC(I)C(=O)C1CCN(CC2CCNCC2)CC1. The van der Waals surface area contributed by atoms with Gasteiger partial charge in [0.05, 0.1) is 3.92 Å². The number of alkyl halides is 1. The average Bonchev–Trinajstić information content (AvgIpc) is 2.40. The van der Waals surface area contributed by atoms with Gasteiger partial charge in [-0.05, 0) is 64.7 Å². The molecule has 1 N–H and O–H groups in total. The normalized spacial score (nSPS) is 26.1. The van der Waals surface area contributed by atoms with E-state index in [1.165, 1.54) is 32.5 Å². The monoisotopic (exact) mass is 364 g/mol. The summed E-state index contributed by atoms with van der Waals surface area (Å²) in [6.45, 7) is 7.90. The number of likely N-dealkylation sites (tertiary alicyclic amines) is 1. The molecule has 2 fully saturated rings. The predicted octanol–water partition coefficient (Wildman–Crippen LogP) is 2.09. The van der Waals surface area contributed by atoms with Crippen LogP contribution in [0, 0.1) is 11.8 Å². The minimum atomic E-state index is 0.184. The molecule has 0 radical (unpaired) electrons. The van der Waals surface area contributed by atoms with Crippen molar-refractivity contribution in [2.45, 2.75) is 36.5 Å². The fourth-order valence-corrected chi connectivity index (χ4v) is 3.66. The number of hydrogen-bond acceptors (Lipinski definition) is 3. The lowest BCUT2D eigenvalue weighted by molar-refractivity contribution is -0.123. The molecule has 0 saturated carbocycles. The number of carbonyl (C=O) groups is 1. The number of piperidine rings is 2. The van der Waals surface area contributed by atoms with E-state index in [1.54, 1.807) is 0 Å². The summed E-state index contributed by atoms with van der Waals surface area (Å²) >= 11 is 2.25. The predicted molar refractivity (Wildman–Crippen MR) is 83.2 cm³/mol. The van der Waals surface area contributed by atoms with Crippen LogP contribution in [0.4, 0.5) is 0 Å². The van der Waals surface area contributed by atoms with Crippen molar-refractivity contribution in [3.63, 3.8) is 0 Å². The quantitative estimate of drug-likeness (QED) is 0.613. The molecule has 1 unspecified atom stereocenters. The van der Waals surface area contributed by atoms with E-state index in [2.05, 4.69) is 32.8 Å². The minimum Gasteiger partial charge on any atom is -0.317 e. The van der Waals surface area contributed by atoms with Crippen LogP contribution in [0.2, 0.25) is 0 Å². The molecule has 0 aromatic heterocycles. The van der Waals surface area contributed by atoms with Crippen molar-refractivity contribution in [1.29, 1.82) is 0 Å². The molecule has 4 heteroatoms. The summed E-state index contributed by atoms with van der Waals surface area (Å²) in [5.74, 6) is 1.68. The maximum atomic E-state index is 12.0. The van der Waals surface area contributed by atoms with Crippen molar-refractivity contribution in [1.82, 2.24) is 10.2 Å². The third-order valence-electron chi connectivity index (χ3n) is 4.36. The third-order valence-corrected chi connectivity index (χ3v) is 4.97. The van der Waals surface area contributed by atoms with Gasteiger partial charge in [-0.15, -0.1) is 0 Å².